The number of aliphatic hydroxyl groups excluding tert-OH is 1. The largest absolute Gasteiger partial charge is 0.495 e. The van der Waals surface area contributed by atoms with Crippen molar-refractivity contribution in [2.24, 2.45) is 0 Å². The average Bonchev–Trinajstić information content (AvgIpc) is 2.28. The maximum absolute atomic E-state index is 10.7. The molecule has 100 valence electrons. The van der Waals surface area contributed by atoms with E-state index in [2.05, 4.69) is 0 Å². The van der Waals surface area contributed by atoms with Crippen LogP contribution in [0.15, 0.2) is 18.2 Å². The molecule has 1 rings (SSSR count). The first-order chi connectivity index (χ1) is 8.27. The minimum Gasteiger partial charge on any atom is -0.495 e. The molecule has 0 saturated carbocycles. The van der Waals surface area contributed by atoms with E-state index in [4.69, 9.17) is 21.4 Å². The van der Waals surface area contributed by atoms with E-state index in [1.54, 1.807) is 18.2 Å². The first-order valence-electron chi connectivity index (χ1n) is 5.53. The van der Waals surface area contributed by atoms with Gasteiger partial charge in [0, 0.05) is 0 Å². The van der Waals surface area contributed by atoms with Gasteiger partial charge in [0.05, 0.1) is 12.1 Å². The molecule has 0 aromatic heterocycles. The van der Waals surface area contributed by atoms with E-state index in [0.717, 1.165) is 5.56 Å². The maximum Gasteiger partial charge on any atom is 0.332 e. The fraction of sp³-hybridized carbons (Fsp3) is 0.462. The highest BCUT2D eigenvalue weighted by molar-refractivity contribution is 6.32. The van der Waals surface area contributed by atoms with Gasteiger partial charge in [-0.25, -0.2) is 4.79 Å². The number of carboxylic acids is 1. The van der Waals surface area contributed by atoms with Crippen LogP contribution in [-0.2, 0) is 10.2 Å². The molecule has 1 unspecified atom stereocenters. The summed E-state index contributed by atoms with van der Waals surface area (Å²) in [6, 6.07) is 5.26. The quantitative estimate of drug-likeness (QED) is 0.864. The number of rotatable bonds is 5. The number of aliphatic hydroxyl groups is 1. The van der Waals surface area contributed by atoms with Gasteiger partial charge in [-0.3, -0.25) is 0 Å². The van der Waals surface area contributed by atoms with Crippen molar-refractivity contribution in [1.82, 2.24) is 0 Å². The van der Waals surface area contributed by atoms with Crippen LogP contribution in [0.2, 0.25) is 5.02 Å². The summed E-state index contributed by atoms with van der Waals surface area (Å²) in [4.78, 5) is 10.7. The Morgan fingerprint density at radius 2 is 2.11 bits per heavy atom. The van der Waals surface area contributed by atoms with Gasteiger partial charge in [0.25, 0.3) is 0 Å². The molecule has 0 fully saturated rings. The molecule has 0 aliphatic rings. The SMILES string of the molecule is COc1cc(C(C)(C)CC(O)C(=O)O)ccc1Cl. The molecule has 1 atom stereocenters. The Labute approximate surface area is 111 Å². The number of carboxylic acid groups (broad SMARTS) is 1. The minimum atomic E-state index is -1.39. The van der Waals surface area contributed by atoms with Crippen LogP contribution in [0.25, 0.3) is 0 Å². The molecule has 0 spiro atoms. The Hall–Kier alpha value is -1.26. The van der Waals surface area contributed by atoms with E-state index in [9.17, 15) is 9.90 Å². The zero-order chi connectivity index (χ0) is 13.9. The molecular weight excluding hydrogens is 256 g/mol. The summed E-state index contributed by atoms with van der Waals surface area (Å²) in [6.45, 7) is 3.73. The molecule has 0 bridgehead atoms. The van der Waals surface area contributed by atoms with Crippen LogP contribution >= 0.6 is 11.6 Å². The van der Waals surface area contributed by atoms with E-state index >= 15 is 0 Å². The summed E-state index contributed by atoms with van der Waals surface area (Å²) in [7, 11) is 1.52. The van der Waals surface area contributed by atoms with Crippen LogP contribution < -0.4 is 4.74 Å². The Balaban J connectivity index is 3.00. The lowest BCUT2D eigenvalue weighted by Crippen LogP contribution is -2.30. The van der Waals surface area contributed by atoms with E-state index < -0.39 is 17.5 Å². The minimum absolute atomic E-state index is 0.118. The standard InChI is InChI=1S/C13H17ClO4/c1-13(2,7-10(15)12(16)17)8-4-5-9(14)11(6-8)18-3/h4-6,10,15H,7H2,1-3H3,(H,16,17). The summed E-state index contributed by atoms with van der Waals surface area (Å²) in [5.74, 6) is -0.684. The molecule has 0 heterocycles. The van der Waals surface area contributed by atoms with E-state index in [0.29, 0.717) is 10.8 Å². The molecule has 18 heavy (non-hydrogen) atoms. The van der Waals surface area contributed by atoms with Crippen molar-refractivity contribution in [3.05, 3.63) is 28.8 Å². The number of aliphatic carboxylic acids is 1. The Morgan fingerprint density at radius 3 is 2.61 bits per heavy atom. The van der Waals surface area contributed by atoms with Crippen LogP contribution in [-0.4, -0.2) is 29.4 Å². The lowest BCUT2D eigenvalue weighted by molar-refractivity contribution is -0.147. The van der Waals surface area contributed by atoms with Crippen molar-refractivity contribution in [2.45, 2.75) is 31.8 Å². The predicted molar refractivity (Wildman–Crippen MR) is 69.3 cm³/mol. The maximum atomic E-state index is 10.7. The highest BCUT2D eigenvalue weighted by Crippen LogP contribution is 2.34. The lowest BCUT2D eigenvalue weighted by atomic mass is 9.79. The lowest BCUT2D eigenvalue weighted by Gasteiger charge is -2.27. The van der Waals surface area contributed by atoms with Gasteiger partial charge in [0.15, 0.2) is 6.10 Å². The zero-order valence-electron chi connectivity index (χ0n) is 10.6. The van der Waals surface area contributed by atoms with Crippen molar-refractivity contribution >= 4 is 17.6 Å². The second-order valence-corrected chi connectivity index (χ2v) is 5.20. The summed E-state index contributed by atoms with van der Waals surface area (Å²) < 4.78 is 5.12. The van der Waals surface area contributed by atoms with Crippen LogP contribution in [0.4, 0.5) is 0 Å². The second-order valence-electron chi connectivity index (χ2n) is 4.79. The average molecular weight is 273 g/mol. The number of benzene rings is 1. The van der Waals surface area contributed by atoms with Gasteiger partial charge in [-0.15, -0.1) is 0 Å². The fourth-order valence-electron chi connectivity index (χ4n) is 1.77. The summed E-state index contributed by atoms with van der Waals surface area (Å²) in [5, 5.41) is 18.7. The van der Waals surface area contributed by atoms with E-state index in [1.807, 2.05) is 13.8 Å². The number of halogens is 1. The third-order valence-corrected chi connectivity index (χ3v) is 3.23. The molecular formula is C13H17ClO4. The smallest absolute Gasteiger partial charge is 0.332 e. The topological polar surface area (TPSA) is 66.8 Å². The molecule has 4 nitrogen and oxygen atoms in total. The van der Waals surface area contributed by atoms with E-state index in [1.165, 1.54) is 7.11 Å². The van der Waals surface area contributed by atoms with Crippen LogP contribution in [0.1, 0.15) is 25.8 Å². The predicted octanol–water partition coefficient (Wildman–Crippen LogP) is 2.46. The number of hydrogen-bond donors (Lipinski definition) is 2. The molecule has 0 amide bonds. The number of ether oxygens (including phenoxy) is 1. The Bertz CT molecular complexity index is 443. The highest BCUT2D eigenvalue weighted by atomic mass is 35.5. The van der Waals surface area contributed by atoms with Crippen molar-refractivity contribution in [1.29, 1.82) is 0 Å². The molecule has 0 aliphatic heterocycles. The number of hydrogen-bond acceptors (Lipinski definition) is 3. The molecule has 5 heteroatoms. The molecule has 1 aromatic carbocycles. The molecule has 0 aliphatic carbocycles. The molecule has 0 saturated heterocycles. The number of methoxy groups -OCH3 is 1. The fourth-order valence-corrected chi connectivity index (χ4v) is 1.96. The van der Waals surface area contributed by atoms with Crippen molar-refractivity contribution in [3.8, 4) is 5.75 Å². The van der Waals surface area contributed by atoms with Gasteiger partial charge in [-0.2, -0.15) is 0 Å². The van der Waals surface area contributed by atoms with Crippen LogP contribution in [0.3, 0.4) is 0 Å². The van der Waals surface area contributed by atoms with Crippen molar-refractivity contribution in [3.63, 3.8) is 0 Å². The molecule has 1 aromatic rings. The van der Waals surface area contributed by atoms with Crippen LogP contribution in [0, 0.1) is 0 Å². The Kier molecular flexibility index (Phi) is 4.59. The summed E-state index contributed by atoms with van der Waals surface area (Å²) in [6.07, 6.45) is -1.27. The van der Waals surface area contributed by atoms with E-state index in [-0.39, 0.29) is 6.42 Å². The second kappa shape index (κ2) is 5.59. The number of carbonyl (C=O) groups is 1. The third-order valence-electron chi connectivity index (χ3n) is 2.92. The summed E-state index contributed by atoms with van der Waals surface area (Å²) >= 11 is 5.93. The summed E-state index contributed by atoms with van der Waals surface area (Å²) in [5.41, 5.74) is 0.374. The van der Waals surface area contributed by atoms with Crippen molar-refractivity contribution < 1.29 is 19.7 Å². The van der Waals surface area contributed by atoms with Gasteiger partial charge in [-0.05, 0) is 29.5 Å². The molecule has 2 N–H and O–H groups in total. The molecule has 0 radical (unpaired) electrons. The monoisotopic (exact) mass is 272 g/mol. The van der Waals surface area contributed by atoms with Crippen LogP contribution in [0.5, 0.6) is 5.75 Å². The Morgan fingerprint density at radius 1 is 1.50 bits per heavy atom. The van der Waals surface area contributed by atoms with Gasteiger partial charge in [-0.1, -0.05) is 31.5 Å². The van der Waals surface area contributed by atoms with Gasteiger partial charge in [0.1, 0.15) is 5.75 Å². The first-order valence-corrected chi connectivity index (χ1v) is 5.90. The normalized spacial score (nSPS) is 13.2. The highest BCUT2D eigenvalue weighted by Gasteiger charge is 2.28. The van der Waals surface area contributed by atoms with Crippen molar-refractivity contribution in [2.75, 3.05) is 7.11 Å². The van der Waals surface area contributed by atoms with Gasteiger partial charge < -0.3 is 14.9 Å². The third kappa shape index (κ3) is 3.37. The van der Waals surface area contributed by atoms with Gasteiger partial charge >= 0.3 is 5.97 Å². The van der Waals surface area contributed by atoms with Gasteiger partial charge in [0.2, 0.25) is 0 Å². The first kappa shape index (κ1) is 14.8. The zero-order valence-corrected chi connectivity index (χ0v) is 11.4.